The molecule has 128 valence electrons. The molecule has 0 saturated heterocycles. The van der Waals surface area contributed by atoms with Gasteiger partial charge in [0.05, 0.1) is 5.69 Å². The molecule has 1 aromatic rings. The quantitative estimate of drug-likeness (QED) is 0.778. The summed E-state index contributed by atoms with van der Waals surface area (Å²) in [6.45, 7) is 4.87. The van der Waals surface area contributed by atoms with E-state index < -0.39 is 0 Å². The van der Waals surface area contributed by atoms with E-state index in [-0.39, 0.29) is 11.8 Å². The number of pyridine rings is 1. The molecular weight excluding hydrogens is 312 g/mol. The van der Waals surface area contributed by atoms with E-state index in [2.05, 4.69) is 30.9 Å². The first-order chi connectivity index (χ1) is 12.2. The molecule has 4 heteroatoms. The summed E-state index contributed by atoms with van der Waals surface area (Å²) in [6, 6.07) is 2.09. The molecule has 1 fully saturated rings. The van der Waals surface area contributed by atoms with Gasteiger partial charge in [-0.3, -0.25) is 14.6 Å². The van der Waals surface area contributed by atoms with Crippen LogP contribution in [-0.4, -0.2) is 34.7 Å². The molecule has 0 radical (unpaired) electrons. The van der Waals surface area contributed by atoms with Gasteiger partial charge in [-0.2, -0.15) is 0 Å². The van der Waals surface area contributed by atoms with Gasteiger partial charge in [0.1, 0.15) is 5.78 Å². The van der Waals surface area contributed by atoms with Crippen LogP contribution in [0.1, 0.15) is 41.8 Å². The molecule has 2 aliphatic carbocycles. The van der Waals surface area contributed by atoms with Crippen molar-refractivity contribution in [1.29, 1.82) is 0 Å². The molecule has 1 amide bonds. The summed E-state index contributed by atoms with van der Waals surface area (Å²) in [5.74, 6) is 0.569. The van der Waals surface area contributed by atoms with Crippen molar-refractivity contribution in [2.75, 3.05) is 13.1 Å². The van der Waals surface area contributed by atoms with Crippen LogP contribution in [0, 0.1) is 5.92 Å². The summed E-state index contributed by atoms with van der Waals surface area (Å²) in [7, 11) is 0. The molecule has 0 aromatic carbocycles. The van der Waals surface area contributed by atoms with Gasteiger partial charge in [0, 0.05) is 43.1 Å². The van der Waals surface area contributed by atoms with E-state index in [1.807, 2.05) is 0 Å². The number of Topliss-reactive ketones (excluding diaryl/α,β-unsaturated/α-hetero) is 1. The summed E-state index contributed by atoms with van der Waals surface area (Å²) < 4.78 is 0. The number of allylic oxidation sites excluding steroid dienone is 1. The SMILES string of the molecule is C=CC(=O)N1CC=C(c2cc(CC(=O)C3CC3)nc3c2C=CC3)CC1. The van der Waals surface area contributed by atoms with Gasteiger partial charge < -0.3 is 4.90 Å². The van der Waals surface area contributed by atoms with Crippen LogP contribution < -0.4 is 0 Å². The highest BCUT2D eigenvalue weighted by Gasteiger charge is 2.30. The van der Waals surface area contributed by atoms with Crippen LogP contribution in [0.15, 0.2) is 30.9 Å². The van der Waals surface area contributed by atoms with Gasteiger partial charge in [0.15, 0.2) is 0 Å². The molecular formula is C21H22N2O2. The van der Waals surface area contributed by atoms with Crippen molar-refractivity contribution in [2.45, 2.75) is 32.1 Å². The Kier molecular flexibility index (Phi) is 4.12. The molecule has 2 heterocycles. The number of rotatable bonds is 5. The molecule has 0 spiro atoms. The predicted molar refractivity (Wildman–Crippen MR) is 97.8 cm³/mol. The largest absolute Gasteiger partial charge is 0.335 e. The van der Waals surface area contributed by atoms with Crippen molar-refractivity contribution in [3.63, 3.8) is 0 Å². The number of carbonyl (C=O) groups is 2. The minimum Gasteiger partial charge on any atom is -0.335 e. The standard InChI is InChI=1S/C21H22N2O2/c1-2-21(25)23-10-8-14(9-11-23)18-12-16(13-20(24)15-6-7-15)22-19-5-3-4-17(18)19/h2-4,8,12,15H,1,5-7,9-11,13H2. The van der Waals surface area contributed by atoms with E-state index in [1.165, 1.54) is 22.8 Å². The molecule has 4 rings (SSSR count). The third-order valence-electron chi connectivity index (χ3n) is 5.22. The lowest BCUT2D eigenvalue weighted by Gasteiger charge is -2.26. The molecule has 1 aromatic heterocycles. The van der Waals surface area contributed by atoms with Crippen LogP contribution in [0.5, 0.6) is 0 Å². The first-order valence-corrected chi connectivity index (χ1v) is 8.98. The zero-order valence-electron chi connectivity index (χ0n) is 14.3. The van der Waals surface area contributed by atoms with Crippen molar-refractivity contribution in [2.24, 2.45) is 5.92 Å². The number of nitrogens with zero attached hydrogens (tertiary/aromatic N) is 2. The Balaban J connectivity index is 1.62. The highest BCUT2D eigenvalue weighted by molar-refractivity contribution is 5.88. The second-order valence-electron chi connectivity index (χ2n) is 7.01. The van der Waals surface area contributed by atoms with Gasteiger partial charge in [0.2, 0.25) is 5.91 Å². The summed E-state index contributed by atoms with van der Waals surface area (Å²) in [4.78, 5) is 30.5. The van der Waals surface area contributed by atoms with Crippen LogP contribution in [0.4, 0.5) is 0 Å². The van der Waals surface area contributed by atoms with Gasteiger partial charge in [-0.25, -0.2) is 0 Å². The maximum atomic E-state index is 12.2. The van der Waals surface area contributed by atoms with Crippen LogP contribution in [0.25, 0.3) is 11.6 Å². The van der Waals surface area contributed by atoms with Crippen LogP contribution in [0.3, 0.4) is 0 Å². The number of hydrogen-bond acceptors (Lipinski definition) is 3. The maximum Gasteiger partial charge on any atom is 0.246 e. The van der Waals surface area contributed by atoms with Gasteiger partial charge >= 0.3 is 0 Å². The Morgan fingerprint density at radius 2 is 2.20 bits per heavy atom. The van der Waals surface area contributed by atoms with E-state index in [4.69, 9.17) is 4.98 Å². The van der Waals surface area contributed by atoms with Gasteiger partial charge in [-0.1, -0.05) is 24.8 Å². The number of amides is 1. The van der Waals surface area contributed by atoms with E-state index >= 15 is 0 Å². The van der Waals surface area contributed by atoms with Crippen molar-refractivity contribution in [3.05, 3.63) is 53.4 Å². The Bertz CT molecular complexity index is 815. The second kappa shape index (κ2) is 6.43. The Morgan fingerprint density at radius 1 is 1.36 bits per heavy atom. The predicted octanol–water partition coefficient (Wildman–Crippen LogP) is 2.97. The fraction of sp³-hybridized carbons (Fsp3) is 0.381. The molecule has 1 saturated carbocycles. The van der Waals surface area contributed by atoms with Gasteiger partial charge in [0.25, 0.3) is 0 Å². The highest BCUT2D eigenvalue weighted by atomic mass is 16.2. The first-order valence-electron chi connectivity index (χ1n) is 8.98. The summed E-state index contributed by atoms with van der Waals surface area (Å²) in [5.41, 5.74) is 5.57. The molecule has 4 nitrogen and oxygen atoms in total. The normalized spacial score (nSPS) is 18.7. The van der Waals surface area contributed by atoms with E-state index in [9.17, 15) is 9.59 Å². The molecule has 25 heavy (non-hydrogen) atoms. The summed E-state index contributed by atoms with van der Waals surface area (Å²) >= 11 is 0. The monoisotopic (exact) mass is 334 g/mol. The molecule has 0 bridgehead atoms. The van der Waals surface area contributed by atoms with E-state index in [0.29, 0.717) is 25.3 Å². The Morgan fingerprint density at radius 3 is 2.88 bits per heavy atom. The highest BCUT2D eigenvalue weighted by Crippen LogP contribution is 2.34. The van der Waals surface area contributed by atoms with Crippen molar-refractivity contribution in [1.82, 2.24) is 9.88 Å². The van der Waals surface area contributed by atoms with E-state index in [0.717, 1.165) is 37.1 Å². The lowest BCUT2D eigenvalue weighted by atomic mass is 9.93. The zero-order chi connectivity index (χ0) is 17.4. The van der Waals surface area contributed by atoms with Crippen LogP contribution >= 0.6 is 0 Å². The molecule has 0 N–H and O–H groups in total. The number of ketones is 1. The minimum atomic E-state index is -0.0223. The van der Waals surface area contributed by atoms with Gasteiger partial charge in [-0.15, -0.1) is 0 Å². The number of aromatic nitrogens is 1. The fourth-order valence-electron chi connectivity index (χ4n) is 3.62. The van der Waals surface area contributed by atoms with Crippen LogP contribution in [0.2, 0.25) is 0 Å². The summed E-state index contributed by atoms with van der Waals surface area (Å²) in [5, 5.41) is 0. The molecule has 0 atom stereocenters. The average molecular weight is 334 g/mol. The fourth-order valence-corrected chi connectivity index (χ4v) is 3.62. The second-order valence-corrected chi connectivity index (χ2v) is 7.01. The number of hydrogen-bond donors (Lipinski definition) is 0. The Hall–Kier alpha value is -2.49. The number of carbonyl (C=O) groups excluding carboxylic acids is 2. The zero-order valence-corrected chi connectivity index (χ0v) is 14.3. The summed E-state index contributed by atoms with van der Waals surface area (Å²) in [6.07, 6.45) is 11.9. The van der Waals surface area contributed by atoms with Gasteiger partial charge in [-0.05, 0) is 42.5 Å². The topological polar surface area (TPSA) is 50.3 Å². The third-order valence-corrected chi connectivity index (χ3v) is 5.22. The maximum absolute atomic E-state index is 12.2. The van der Waals surface area contributed by atoms with E-state index in [1.54, 1.807) is 4.90 Å². The minimum absolute atomic E-state index is 0.0223. The smallest absolute Gasteiger partial charge is 0.246 e. The first kappa shape index (κ1) is 16.0. The van der Waals surface area contributed by atoms with Crippen molar-refractivity contribution < 1.29 is 9.59 Å². The van der Waals surface area contributed by atoms with Crippen molar-refractivity contribution >= 4 is 23.3 Å². The van der Waals surface area contributed by atoms with Crippen LogP contribution in [-0.2, 0) is 22.4 Å². The Labute approximate surface area is 147 Å². The lowest BCUT2D eigenvalue weighted by molar-refractivity contribution is -0.125. The van der Waals surface area contributed by atoms with Crippen molar-refractivity contribution in [3.8, 4) is 0 Å². The average Bonchev–Trinajstić information content (AvgIpc) is 3.39. The molecule has 3 aliphatic rings. The third kappa shape index (κ3) is 3.21. The molecule has 1 aliphatic heterocycles. The lowest BCUT2D eigenvalue weighted by Crippen LogP contribution is -2.33. The number of fused-ring (bicyclic) bond motifs is 1. The molecule has 0 unspecified atom stereocenters.